The normalized spacial score (nSPS) is 15.3. The molecule has 0 unspecified atom stereocenters. The van der Waals surface area contributed by atoms with Crippen LogP contribution in [0.1, 0.15) is 202 Å². The molecule has 0 spiro atoms. The molecule has 0 aromatic carbocycles. The summed E-state index contributed by atoms with van der Waals surface area (Å²) >= 11 is 0. The van der Waals surface area contributed by atoms with Gasteiger partial charge in [-0.2, -0.15) is 0 Å². The third-order valence-corrected chi connectivity index (χ3v) is 19.2. The van der Waals surface area contributed by atoms with Crippen molar-refractivity contribution in [1.82, 2.24) is 74.4 Å². The van der Waals surface area contributed by atoms with Crippen molar-refractivity contribution >= 4 is 118 Å². The predicted octanol–water partition coefficient (Wildman–Crippen LogP) is -10.2. The Hall–Kier alpha value is -10.9. The van der Waals surface area contributed by atoms with Crippen molar-refractivity contribution in [1.29, 1.82) is 0 Å². The fraction of sp³-hybridized carbons (Fsp3) is 0.730. The van der Waals surface area contributed by atoms with Crippen LogP contribution in [0.25, 0.3) is 0 Å². The number of aliphatic hydroxyl groups excluding tert-OH is 1. The number of amides is 17. The Labute approximate surface area is 707 Å². The van der Waals surface area contributed by atoms with E-state index in [0.29, 0.717) is 32.1 Å². The van der Waals surface area contributed by atoms with E-state index < -0.39 is 266 Å². The second-order valence-corrected chi connectivity index (χ2v) is 29.7. The molecule has 0 heterocycles. The topological polar surface area (TPSA) is 851 Å². The Balaban J connectivity index is 7.19. The maximum absolute atomic E-state index is 14.4. The lowest BCUT2D eigenvalue weighted by Crippen LogP contribution is -2.62. The zero-order valence-electron chi connectivity index (χ0n) is 70.2. The van der Waals surface area contributed by atoms with E-state index in [4.69, 9.17) is 62.4 Å². The molecule has 38 N–H and O–H groups in total. The van der Waals surface area contributed by atoms with Gasteiger partial charge in [-0.15, -0.1) is 0 Å². The van der Waals surface area contributed by atoms with Crippen LogP contribution in [0.5, 0.6) is 0 Å². The van der Waals surface area contributed by atoms with Crippen LogP contribution in [0.3, 0.4) is 0 Å². The summed E-state index contributed by atoms with van der Waals surface area (Å²) in [5.41, 5.74) is 56.4. The SMILES string of the molecule is CC[C@H](C)[C@H](NC(=O)[C@H](CCCCN)NC(=O)[C@H](CC(N)=O)NC(=O)[C@H](CCCCN)NC(=O)[C@H](C)N)C(=O)N[C@@H](C)C(=O)N[C@@H](CCCCN)C(=O)N[C@@H](CCC(=O)O)C(=O)N[C@H](C(=O)N[C@@H](CC(N)=O)C(=O)N[C@@H](CC(N)=O)C(=O)N[C@@H](CCCCN)C(=O)N[C@@H](CCCCN)C(=O)N[C@@H](CCCCN)C(=O)N[C@@H](CCC(=O)O)C(=O)O)[C@@H](C)O. The number of carboxylic acid groups (broad SMARTS) is 3. The van der Waals surface area contributed by atoms with Gasteiger partial charge in [-0.05, 0) is 194 Å². The summed E-state index contributed by atoms with van der Waals surface area (Å²) in [5, 5.41) is 73.1. The first-order valence-corrected chi connectivity index (χ1v) is 40.9. The Bertz CT molecular complexity index is 3450. The van der Waals surface area contributed by atoms with Crippen molar-refractivity contribution in [3.8, 4) is 0 Å². The minimum absolute atomic E-state index is 0.0558. The van der Waals surface area contributed by atoms with E-state index in [1.54, 1.807) is 13.8 Å². The number of aliphatic carboxylic acids is 3. The molecule has 17 atom stereocenters. The number of nitrogens with two attached hydrogens (primary N) is 10. The van der Waals surface area contributed by atoms with Gasteiger partial charge in [0.15, 0.2) is 0 Å². The van der Waals surface area contributed by atoms with Gasteiger partial charge in [0.25, 0.3) is 0 Å². The summed E-state index contributed by atoms with van der Waals surface area (Å²) in [6.45, 7) is 7.68. The lowest BCUT2D eigenvalue weighted by molar-refractivity contribution is -0.143. The molecule has 0 aliphatic carbocycles. The van der Waals surface area contributed by atoms with Crippen LogP contribution in [0.2, 0.25) is 0 Å². The molecule has 0 fully saturated rings. The monoisotopic (exact) mass is 1740 g/mol. The van der Waals surface area contributed by atoms with E-state index in [1.165, 1.54) is 13.8 Å². The number of primary amides is 3. The number of carboxylic acids is 3. The van der Waals surface area contributed by atoms with E-state index in [-0.39, 0.29) is 129 Å². The maximum atomic E-state index is 14.4. The first-order valence-electron chi connectivity index (χ1n) is 40.9. The van der Waals surface area contributed by atoms with Crippen molar-refractivity contribution < 1.29 is 116 Å². The van der Waals surface area contributed by atoms with E-state index in [0.717, 1.165) is 6.92 Å². The van der Waals surface area contributed by atoms with E-state index >= 15 is 0 Å². The van der Waals surface area contributed by atoms with Gasteiger partial charge in [0.05, 0.1) is 31.4 Å². The number of aliphatic hydroxyl groups is 1. The fourth-order valence-electron chi connectivity index (χ4n) is 11.9. The highest BCUT2D eigenvalue weighted by molar-refractivity contribution is 6.02. The number of nitrogens with one attached hydrogen (secondary N) is 14. The van der Waals surface area contributed by atoms with Crippen molar-refractivity contribution in [3.63, 3.8) is 0 Å². The minimum Gasteiger partial charge on any atom is -0.481 e. The predicted molar refractivity (Wildman–Crippen MR) is 438 cm³/mol. The Morgan fingerprint density at radius 1 is 0.270 bits per heavy atom. The Morgan fingerprint density at radius 3 is 0.746 bits per heavy atom. The van der Waals surface area contributed by atoms with Gasteiger partial charge in [0.2, 0.25) is 100 Å². The molecule has 0 aliphatic rings. The van der Waals surface area contributed by atoms with Gasteiger partial charge < -0.3 is 152 Å². The summed E-state index contributed by atoms with van der Waals surface area (Å²) < 4.78 is 0. The lowest BCUT2D eigenvalue weighted by Gasteiger charge is -2.29. The Morgan fingerprint density at radius 2 is 0.492 bits per heavy atom. The minimum atomic E-state index is -2.17. The van der Waals surface area contributed by atoms with Crippen LogP contribution in [0.15, 0.2) is 0 Å². The van der Waals surface area contributed by atoms with E-state index in [2.05, 4.69) is 74.4 Å². The summed E-state index contributed by atoms with van der Waals surface area (Å²) in [5.74, 6) is -24.0. The van der Waals surface area contributed by atoms with Gasteiger partial charge in [0.1, 0.15) is 84.6 Å². The molecule has 122 heavy (non-hydrogen) atoms. The highest BCUT2D eigenvalue weighted by Gasteiger charge is 2.40. The molecule has 48 nitrogen and oxygen atoms in total. The molecule has 48 heteroatoms. The average Bonchev–Trinajstić information content (AvgIpc) is 0.847. The molecular formula is C74H134N24O24. The number of hydrogen-bond acceptors (Lipinski definition) is 28. The highest BCUT2D eigenvalue weighted by atomic mass is 16.4. The Kier molecular flexibility index (Phi) is 55.9. The second-order valence-electron chi connectivity index (χ2n) is 29.7. The first kappa shape index (κ1) is 111. The number of carbonyl (C=O) groups is 20. The largest absolute Gasteiger partial charge is 0.481 e. The molecule has 0 aromatic rings. The van der Waals surface area contributed by atoms with Crippen LogP contribution >= 0.6 is 0 Å². The highest BCUT2D eigenvalue weighted by Crippen LogP contribution is 2.16. The van der Waals surface area contributed by atoms with Gasteiger partial charge in [-0.1, -0.05) is 20.3 Å². The van der Waals surface area contributed by atoms with Crippen molar-refractivity contribution in [3.05, 3.63) is 0 Å². The molecule has 694 valence electrons. The summed E-state index contributed by atoms with van der Waals surface area (Å²) in [7, 11) is 0. The number of hydrogen-bond donors (Lipinski definition) is 28. The van der Waals surface area contributed by atoms with Crippen LogP contribution in [-0.2, 0) is 95.9 Å². The van der Waals surface area contributed by atoms with Gasteiger partial charge in [-0.3, -0.25) is 91.1 Å². The third kappa shape index (κ3) is 45.6. The van der Waals surface area contributed by atoms with Gasteiger partial charge >= 0.3 is 17.9 Å². The first-order chi connectivity index (χ1) is 57.5. The maximum Gasteiger partial charge on any atom is 0.326 e. The fourth-order valence-corrected chi connectivity index (χ4v) is 11.9. The molecule has 0 radical (unpaired) electrons. The zero-order chi connectivity index (χ0) is 92.9. The molecule has 0 rings (SSSR count). The molecule has 0 bridgehead atoms. The van der Waals surface area contributed by atoms with Crippen molar-refractivity contribution in [2.45, 2.75) is 298 Å². The molecule has 0 aromatic heterocycles. The standard InChI is InChI=1S/C74H134N24O24/c1-6-38(2)58(97-67(114)47(24-12-18-34-80)91-69(116)50(35-53(82)100)94-66(113)42(19-7-13-29-75)86-60(107)39(3)81)72(119)85-40(4)61(108)87-43(20-8-14-30-76)62(109)92-48(25-27-56(103)104)68(115)98-59(41(5)99)73(120)96-52(37-55(84)102)71(118)95-51(36-54(83)101)70(117)90-45(22-10-16-32-78)64(111)88-44(21-9-15-31-77)63(110)89-46(23-11-17-33-79)65(112)93-49(74(121)122)26-28-57(105)106/h38-52,58-59,99H,6-37,75-81H2,1-5H3,(H2,82,100)(H2,83,101)(H2,84,102)(H,85,119)(H,86,107)(H,87,108)(H,88,111)(H,89,110)(H,90,117)(H,91,116)(H,92,109)(H,93,112)(H,94,113)(H,95,118)(H,96,120)(H,97,114)(H,98,115)(H,103,104)(H,105,106)(H,121,122)/t38-,39-,40-,41+,42-,43-,44-,45-,46-,47-,48-,49-,50-,51-,52-,58-,59-/m0/s1. The smallest absolute Gasteiger partial charge is 0.326 e. The van der Waals surface area contributed by atoms with Crippen LogP contribution in [0, 0.1) is 5.92 Å². The number of unbranched alkanes of at least 4 members (excludes halogenated alkanes) is 6. The molecule has 17 amide bonds. The van der Waals surface area contributed by atoms with Crippen LogP contribution < -0.4 is 132 Å². The quantitative estimate of drug-likeness (QED) is 0.0251. The van der Waals surface area contributed by atoms with Gasteiger partial charge in [-0.25, -0.2) is 4.79 Å². The van der Waals surface area contributed by atoms with Crippen LogP contribution in [-0.4, -0.2) is 275 Å². The van der Waals surface area contributed by atoms with Crippen LogP contribution in [0.4, 0.5) is 0 Å². The number of rotatable bonds is 68. The molecule has 0 saturated heterocycles. The average molecular weight is 1740 g/mol. The second kappa shape index (κ2) is 61.4. The van der Waals surface area contributed by atoms with E-state index in [1.807, 2.05) is 0 Å². The number of carbonyl (C=O) groups excluding carboxylic acids is 17. The molecule has 0 aliphatic heterocycles. The molecular weight excluding hydrogens is 1610 g/mol. The summed E-state index contributed by atoms with van der Waals surface area (Å²) in [6.07, 6.45) is -4.85. The zero-order valence-corrected chi connectivity index (χ0v) is 70.2. The van der Waals surface area contributed by atoms with Crippen molar-refractivity contribution in [2.24, 2.45) is 63.3 Å². The summed E-state index contributed by atoms with van der Waals surface area (Å²) in [6, 6.07) is -24.6. The van der Waals surface area contributed by atoms with Gasteiger partial charge in [0, 0.05) is 12.8 Å². The van der Waals surface area contributed by atoms with E-state index in [9.17, 15) is 111 Å². The lowest BCUT2D eigenvalue weighted by atomic mass is 9.97. The summed E-state index contributed by atoms with van der Waals surface area (Å²) in [4.78, 5) is 269. The van der Waals surface area contributed by atoms with Crippen molar-refractivity contribution in [2.75, 3.05) is 39.3 Å². The third-order valence-electron chi connectivity index (χ3n) is 19.2. The molecule has 0 saturated carbocycles.